The van der Waals surface area contributed by atoms with Gasteiger partial charge in [-0.1, -0.05) is 20.3 Å². The first kappa shape index (κ1) is 12.1. The number of carbonyl (C=O) groups is 1. The number of piperidine rings is 1. The van der Waals surface area contributed by atoms with Crippen LogP contribution in [0.3, 0.4) is 0 Å². The van der Waals surface area contributed by atoms with Crippen molar-refractivity contribution < 1.29 is 4.79 Å². The standard InChI is InChI=1S/C14H25NO/c1-3-11-6-7-15-13(9-11)12-8-10(2)4-5-14(12)16/h10-13,15H,3-9H2,1-2H3. The smallest absolute Gasteiger partial charge is 0.137 e. The van der Waals surface area contributed by atoms with Gasteiger partial charge in [-0.3, -0.25) is 4.79 Å². The Labute approximate surface area is 99.2 Å². The highest BCUT2D eigenvalue weighted by Gasteiger charge is 2.35. The number of ketones is 1. The SMILES string of the molecule is CCC1CCNC(C2CC(C)CCC2=O)C1. The summed E-state index contributed by atoms with van der Waals surface area (Å²) in [5, 5.41) is 3.58. The zero-order valence-electron chi connectivity index (χ0n) is 10.7. The molecule has 2 aliphatic rings. The maximum absolute atomic E-state index is 12.0. The van der Waals surface area contributed by atoms with Gasteiger partial charge in [-0.25, -0.2) is 0 Å². The maximum atomic E-state index is 12.0. The predicted molar refractivity (Wildman–Crippen MR) is 66.3 cm³/mol. The highest BCUT2D eigenvalue weighted by molar-refractivity contribution is 5.82. The second kappa shape index (κ2) is 5.31. The Morgan fingerprint density at radius 2 is 2.12 bits per heavy atom. The van der Waals surface area contributed by atoms with Gasteiger partial charge in [-0.2, -0.15) is 0 Å². The molecule has 1 heterocycles. The van der Waals surface area contributed by atoms with E-state index in [4.69, 9.17) is 0 Å². The van der Waals surface area contributed by atoms with Gasteiger partial charge in [0.25, 0.3) is 0 Å². The summed E-state index contributed by atoms with van der Waals surface area (Å²) >= 11 is 0. The molecule has 92 valence electrons. The summed E-state index contributed by atoms with van der Waals surface area (Å²) in [6, 6.07) is 0.481. The fourth-order valence-corrected chi connectivity index (χ4v) is 3.36. The molecule has 1 saturated heterocycles. The molecule has 2 fully saturated rings. The van der Waals surface area contributed by atoms with Crippen LogP contribution in [-0.2, 0) is 4.79 Å². The van der Waals surface area contributed by atoms with Crippen LogP contribution in [0.2, 0.25) is 0 Å². The Hall–Kier alpha value is -0.370. The first-order valence-corrected chi connectivity index (χ1v) is 6.96. The summed E-state index contributed by atoms with van der Waals surface area (Å²) in [7, 11) is 0. The maximum Gasteiger partial charge on any atom is 0.137 e. The quantitative estimate of drug-likeness (QED) is 0.780. The lowest BCUT2D eigenvalue weighted by Gasteiger charge is -2.37. The van der Waals surface area contributed by atoms with Gasteiger partial charge >= 0.3 is 0 Å². The largest absolute Gasteiger partial charge is 0.313 e. The van der Waals surface area contributed by atoms with Crippen molar-refractivity contribution in [1.82, 2.24) is 5.32 Å². The van der Waals surface area contributed by atoms with E-state index in [1.165, 1.54) is 19.3 Å². The molecule has 2 nitrogen and oxygen atoms in total. The van der Waals surface area contributed by atoms with Crippen LogP contribution in [0.25, 0.3) is 0 Å². The summed E-state index contributed by atoms with van der Waals surface area (Å²) in [4.78, 5) is 12.0. The van der Waals surface area contributed by atoms with Gasteiger partial charge < -0.3 is 5.32 Å². The molecular formula is C14H25NO. The van der Waals surface area contributed by atoms with Crippen molar-refractivity contribution in [1.29, 1.82) is 0 Å². The molecule has 2 heteroatoms. The third kappa shape index (κ3) is 2.65. The molecular weight excluding hydrogens is 198 g/mol. The third-order valence-electron chi connectivity index (χ3n) is 4.56. The molecule has 0 radical (unpaired) electrons. The van der Waals surface area contributed by atoms with Gasteiger partial charge in [0.2, 0.25) is 0 Å². The molecule has 0 spiro atoms. The highest BCUT2D eigenvalue weighted by Crippen LogP contribution is 2.33. The van der Waals surface area contributed by atoms with E-state index in [1.54, 1.807) is 0 Å². The van der Waals surface area contributed by atoms with E-state index in [0.29, 0.717) is 17.7 Å². The summed E-state index contributed by atoms with van der Waals surface area (Å²) in [6.07, 6.45) is 6.84. The average molecular weight is 223 g/mol. The fraction of sp³-hybridized carbons (Fsp3) is 0.929. The van der Waals surface area contributed by atoms with Crippen LogP contribution in [0.1, 0.15) is 52.4 Å². The van der Waals surface area contributed by atoms with Crippen molar-refractivity contribution in [2.75, 3.05) is 6.54 Å². The number of hydrogen-bond donors (Lipinski definition) is 1. The van der Waals surface area contributed by atoms with Gasteiger partial charge in [0, 0.05) is 18.4 Å². The zero-order chi connectivity index (χ0) is 11.5. The molecule has 0 bridgehead atoms. The summed E-state index contributed by atoms with van der Waals surface area (Å²) in [5.74, 6) is 2.42. The van der Waals surface area contributed by atoms with Gasteiger partial charge in [-0.05, 0) is 44.1 Å². The van der Waals surface area contributed by atoms with Crippen molar-refractivity contribution in [2.45, 2.75) is 58.4 Å². The lowest BCUT2D eigenvalue weighted by Crippen LogP contribution is -2.47. The van der Waals surface area contributed by atoms with Crippen LogP contribution in [0.4, 0.5) is 0 Å². The molecule has 0 aromatic carbocycles. The number of Topliss-reactive ketones (excluding diaryl/α,β-unsaturated/α-hetero) is 1. The molecule has 1 N–H and O–H groups in total. The van der Waals surface area contributed by atoms with Crippen LogP contribution < -0.4 is 5.32 Å². The summed E-state index contributed by atoms with van der Waals surface area (Å²) < 4.78 is 0. The third-order valence-corrected chi connectivity index (χ3v) is 4.56. The minimum absolute atomic E-state index is 0.318. The molecule has 2 rings (SSSR count). The Bertz CT molecular complexity index is 251. The molecule has 0 aromatic heterocycles. The molecule has 1 saturated carbocycles. The lowest BCUT2D eigenvalue weighted by molar-refractivity contribution is -0.127. The van der Waals surface area contributed by atoms with Crippen LogP contribution >= 0.6 is 0 Å². The van der Waals surface area contributed by atoms with Crippen LogP contribution in [0, 0.1) is 17.8 Å². The first-order valence-electron chi connectivity index (χ1n) is 6.96. The van der Waals surface area contributed by atoms with Crippen molar-refractivity contribution in [3.05, 3.63) is 0 Å². The molecule has 1 aliphatic heterocycles. The normalized spacial score (nSPS) is 41.0. The number of hydrogen-bond acceptors (Lipinski definition) is 2. The van der Waals surface area contributed by atoms with Crippen LogP contribution in [-0.4, -0.2) is 18.4 Å². The van der Waals surface area contributed by atoms with Crippen molar-refractivity contribution in [3.8, 4) is 0 Å². The van der Waals surface area contributed by atoms with Crippen molar-refractivity contribution in [3.63, 3.8) is 0 Å². The number of nitrogens with one attached hydrogen (secondary N) is 1. The lowest BCUT2D eigenvalue weighted by atomic mass is 9.74. The van der Waals surface area contributed by atoms with E-state index in [1.807, 2.05) is 0 Å². The second-order valence-electron chi connectivity index (χ2n) is 5.81. The number of rotatable bonds is 2. The van der Waals surface area contributed by atoms with E-state index in [2.05, 4.69) is 19.2 Å². The van der Waals surface area contributed by atoms with Gasteiger partial charge in [-0.15, -0.1) is 0 Å². The van der Waals surface area contributed by atoms with Crippen molar-refractivity contribution >= 4 is 5.78 Å². The van der Waals surface area contributed by atoms with E-state index in [-0.39, 0.29) is 0 Å². The monoisotopic (exact) mass is 223 g/mol. The average Bonchev–Trinajstić information content (AvgIpc) is 2.32. The molecule has 0 aromatic rings. The minimum atomic E-state index is 0.318. The Balaban J connectivity index is 1.96. The summed E-state index contributed by atoms with van der Waals surface area (Å²) in [5.41, 5.74) is 0. The second-order valence-corrected chi connectivity index (χ2v) is 5.81. The molecule has 4 unspecified atom stereocenters. The van der Waals surface area contributed by atoms with Crippen molar-refractivity contribution in [2.24, 2.45) is 17.8 Å². The van der Waals surface area contributed by atoms with Crippen LogP contribution in [0.5, 0.6) is 0 Å². The molecule has 0 amide bonds. The molecule has 16 heavy (non-hydrogen) atoms. The van der Waals surface area contributed by atoms with E-state index >= 15 is 0 Å². The Morgan fingerprint density at radius 1 is 1.31 bits per heavy atom. The first-order chi connectivity index (χ1) is 7.70. The fourth-order valence-electron chi connectivity index (χ4n) is 3.36. The predicted octanol–water partition coefficient (Wildman–Crippen LogP) is 2.77. The zero-order valence-corrected chi connectivity index (χ0v) is 10.7. The van der Waals surface area contributed by atoms with Gasteiger partial charge in [0.05, 0.1) is 0 Å². The van der Waals surface area contributed by atoms with E-state index in [0.717, 1.165) is 37.6 Å². The highest BCUT2D eigenvalue weighted by atomic mass is 16.1. The van der Waals surface area contributed by atoms with E-state index in [9.17, 15) is 4.79 Å². The topological polar surface area (TPSA) is 29.1 Å². The van der Waals surface area contributed by atoms with E-state index < -0.39 is 0 Å². The summed E-state index contributed by atoms with van der Waals surface area (Å²) in [6.45, 7) is 5.68. The van der Waals surface area contributed by atoms with Gasteiger partial charge in [0.15, 0.2) is 0 Å². The molecule has 1 aliphatic carbocycles. The Morgan fingerprint density at radius 3 is 2.88 bits per heavy atom. The minimum Gasteiger partial charge on any atom is -0.313 e. The van der Waals surface area contributed by atoms with Crippen LogP contribution in [0.15, 0.2) is 0 Å². The molecule has 4 atom stereocenters. The van der Waals surface area contributed by atoms with Gasteiger partial charge in [0.1, 0.15) is 5.78 Å². The Kier molecular flexibility index (Phi) is 4.01. The number of carbonyl (C=O) groups excluding carboxylic acids is 1.